The van der Waals surface area contributed by atoms with Crippen LogP contribution in [0.3, 0.4) is 0 Å². The largest absolute Gasteiger partial charge is 0.368 e. The number of sulfone groups is 4. The molecule has 39 heteroatoms. The van der Waals surface area contributed by atoms with Gasteiger partial charge in [0.25, 0.3) is 0 Å². The maximum atomic E-state index is 13.6. The van der Waals surface area contributed by atoms with Crippen LogP contribution in [0.1, 0.15) is 146 Å². The Kier molecular flexibility index (Phi) is 26.7. The number of benzene rings is 1. The second kappa shape index (κ2) is 39.1. The molecule has 35 nitrogen and oxygen atoms in total. The Hall–Kier alpha value is -11.9. The molecule has 16 heterocycles. The molecule has 0 bridgehead atoms. The van der Waals surface area contributed by atoms with Crippen LogP contribution in [0.2, 0.25) is 0 Å². The van der Waals surface area contributed by atoms with Crippen molar-refractivity contribution in [3.8, 4) is 0 Å². The first-order valence-electron chi connectivity index (χ1n) is 45.1. The van der Waals surface area contributed by atoms with Gasteiger partial charge < -0.3 is 70.6 Å². The molecule has 0 spiro atoms. The number of hydrogen-bond donors (Lipinski definition) is 8. The molecule has 8 N–H and O–H groups in total. The summed E-state index contributed by atoms with van der Waals surface area (Å²) in [6.45, 7) is 14.0. The fourth-order valence-corrected chi connectivity index (χ4v) is 23.2. The molecule has 4 aliphatic carbocycles. The minimum atomic E-state index is -3.71. The van der Waals surface area contributed by atoms with Gasteiger partial charge in [0.05, 0.1) is 47.5 Å². The van der Waals surface area contributed by atoms with Crippen LogP contribution in [0.25, 0.3) is 49.7 Å². The Labute approximate surface area is 756 Å². The van der Waals surface area contributed by atoms with Crippen molar-refractivity contribution in [1.82, 2.24) is 99.3 Å². The van der Waals surface area contributed by atoms with E-state index in [1.54, 1.807) is 80.2 Å². The normalized spacial score (nSPS) is 17.6. The first-order chi connectivity index (χ1) is 63.1. The van der Waals surface area contributed by atoms with Gasteiger partial charge in [0, 0.05) is 154 Å². The van der Waals surface area contributed by atoms with E-state index in [0.29, 0.717) is 90.1 Å². The average Bonchev–Trinajstić information content (AvgIpc) is 1.61. The highest BCUT2D eigenvalue weighted by Gasteiger charge is 2.34. The lowest BCUT2D eigenvalue weighted by Crippen LogP contribution is -2.43. The minimum Gasteiger partial charge on any atom is -0.368 e. The maximum Gasteiger partial charge on any atom is 0.230 e. The Morgan fingerprint density at radius 1 is 0.392 bits per heavy atom. The van der Waals surface area contributed by atoms with Crippen LogP contribution in [-0.4, -0.2) is 226 Å². The molecule has 1 aromatic carbocycles. The Balaban J connectivity index is 0.000000117. The SMILES string of the molecule is CCS(=O)(=O)c1cc2cnc(Nc3ccc(N4CCNCC4)cn3)nc2n1C1CCCC1.CS(=O)(=O)c1cc2cnc(Nc3ccc(C4=CCNCC4)cn3)nc2n1C1CCCC1.CS(=O)(=O)c1cc2cnc(Nc3ccc(N4CCNCC4)cn3)nc2n1C1CCCC1.O=S(=O)(c1ccccc1)c1cc2cnc(Nc3ccc([N+]4=CCNCC4)cn3)nc2n1C1CCCC1. The lowest BCUT2D eigenvalue weighted by molar-refractivity contribution is -0.438. The van der Waals surface area contributed by atoms with Crippen LogP contribution in [-0.2, 0) is 39.3 Å². The van der Waals surface area contributed by atoms with Gasteiger partial charge in [-0.2, -0.15) is 24.5 Å². The van der Waals surface area contributed by atoms with Gasteiger partial charge >= 0.3 is 0 Å². The fourth-order valence-electron chi connectivity index (χ4n) is 18.7. The van der Waals surface area contributed by atoms with Crippen LogP contribution >= 0.6 is 0 Å². The Morgan fingerprint density at radius 3 is 1.14 bits per heavy atom. The Morgan fingerprint density at radius 2 is 0.777 bits per heavy atom. The molecule has 6 fully saturated rings. The molecule has 12 aromatic heterocycles. The van der Waals surface area contributed by atoms with Crippen molar-refractivity contribution in [1.29, 1.82) is 0 Å². The molecule has 2 saturated heterocycles. The van der Waals surface area contributed by atoms with Gasteiger partial charge in [-0.05, 0) is 154 Å². The van der Waals surface area contributed by atoms with Gasteiger partial charge in [-0.25, -0.2) is 73.5 Å². The lowest BCUT2D eigenvalue weighted by Gasteiger charge is -2.29. The van der Waals surface area contributed by atoms with Crippen LogP contribution in [0.5, 0.6) is 0 Å². The molecular formula is C91H110N27O8S4+. The highest BCUT2D eigenvalue weighted by atomic mass is 32.2. The van der Waals surface area contributed by atoms with Crippen LogP contribution < -0.4 is 52.3 Å². The van der Waals surface area contributed by atoms with Crippen LogP contribution in [0.15, 0.2) is 184 Å². The quantitative estimate of drug-likeness (QED) is 0.0292. The van der Waals surface area contributed by atoms with E-state index in [-0.39, 0.29) is 39.8 Å². The van der Waals surface area contributed by atoms with E-state index >= 15 is 0 Å². The van der Waals surface area contributed by atoms with E-state index in [4.69, 9.17) is 9.97 Å². The number of piperazine rings is 2. The van der Waals surface area contributed by atoms with E-state index in [1.165, 1.54) is 18.1 Å². The fraction of sp³-hybridized carbons (Fsp3) is 0.418. The molecule has 680 valence electrons. The van der Waals surface area contributed by atoms with Crippen molar-refractivity contribution in [3.05, 3.63) is 164 Å². The number of fused-ring (bicyclic) bond motifs is 4. The van der Waals surface area contributed by atoms with Crippen molar-refractivity contribution in [3.63, 3.8) is 0 Å². The third kappa shape index (κ3) is 20.1. The number of pyridine rings is 4. The zero-order valence-corrected chi connectivity index (χ0v) is 76.5. The van der Waals surface area contributed by atoms with Crippen molar-refractivity contribution in [2.45, 2.75) is 165 Å². The standard InChI is InChI=1S/C26H28N7O2S.C22H29N7O2S.C22H26N6O2S.C21H27N7O2S/c34-36(35,22-8-2-1-3-9-22)24-16-19-17-29-26(31-25(19)33(24)20-6-4-5-7-20)30-23-11-10-21(18-28-23)32-14-12-27-13-15-32;1-2-32(30,31)20-13-16-14-25-22(27-21(16)29(20)17-5-3-4-6-17)26-19-8-7-18(15-24-19)28-11-9-23-10-12-28;1-31(29,30)20-12-17-14-25-22(27-21(17)28(20)18-4-2-3-5-18)26-19-7-6-16(13-24-19)15-8-10-23-11-9-15;1-31(29,30)19-12-15-13-24-21(26-20(15)28(19)16-4-2-3-5-16)25-18-7-6-17(14-23-18)27-10-8-22-9-11-27/h1-3,8-11,14,16-18,20,27H,4-7,12-13,15H2,(H,28,29,30,31);7-8,13-15,17,23H,2-6,9-12H2,1H3,(H,24,25,26,27);6-8,12-14,18,23H,2-5,9-11H2,1H3,(H,24,25,26,27);6-7,12-14,16,22H,2-5,8-11H2,1H3,(H,23,24,25,26)/q+1;;;. The molecule has 0 amide bonds. The monoisotopic (exact) mass is 1840 g/mol. The van der Waals surface area contributed by atoms with E-state index in [2.05, 4.69) is 119 Å². The molecule has 130 heavy (non-hydrogen) atoms. The molecule has 4 saturated carbocycles. The van der Waals surface area contributed by atoms with E-state index in [1.807, 2.05) is 97.7 Å². The Bertz CT molecular complexity index is 6760. The van der Waals surface area contributed by atoms with Crippen LogP contribution in [0.4, 0.5) is 64.1 Å². The second-order valence-corrected chi connectivity index (χ2v) is 42.2. The van der Waals surface area contributed by atoms with E-state index in [9.17, 15) is 33.7 Å². The molecule has 0 atom stereocenters. The third-order valence-electron chi connectivity index (χ3n) is 25.4. The van der Waals surface area contributed by atoms with Gasteiger partial charge in [-0.3, -0.25) is 0 Å². The summed E-state index contributed by atoms with van der Waals surface area (Å²) in [6, 6.07) is 31.8. The maximum absolute atomic E-state index is 13.6. The number of rotatable bonds is 22. The van der Waals surface area contributed by atoms with Crippen molar-refractivity contribution < 1.29 is 38.2 Å². The first kappa shape index (κ1) is 88.8. The van der Waals surface area contributed by atoms with Crippen molar-refractivity contribution in [2.75, 3.05) is 134 Å². The minimum absolute atomic E-state index is 0.0674. The molecule has 8 aliphatic rings. The number of hydrogen-bond acceptors (Lipinski definition) is 30. The van der Waals surface area contributed by atoms with Crippen LogP contribution in [0, 0.1) is 0 Å². The van der Waals surface area contributed by atoms with Gasteiger partial charge in [-0.1, -0.05) is 82.6 Å². The lowest BCUT2D eigenvalue weighted by atomic mass is 10.0. The first-order valence-corrected chi connectivity index (χ1v) is 52.0. The molecule has 0 radical (unpaired) electrons. The molecule has 13 aromatic rings. The summed E-state index contributed by atoms with van der Waals surface area (Å²) in [4.78, 5) is 59.5. The summed E-state index contributed by atoms with van der Waals surface area (Å²) in [5.74, 6) is 4.28. The topological polar surface area (TPSA) is 417 Å². The summed E-state index contributed by atoms with van der Waals surface area (Å²) in [5.41, 5.74) is 8.25. The van der Waals surface area contributed by atoms with Gasteiger partial charge in [0.15, 0.2) is 42.3 Å². The zero-order valence-electron chi connectivity index (χ0n) is 73.2. The summed E-state index contributed by atoms with van der Waals surface area (Å²) >= 11 is 0. The van der Waals surface area contributed by atoms with Crippen molar-refractivity contribution in [2.24, 2.45) is 0 Å². The molecule has 4 aliphatic heterocycles. The average molecular weight is 1840 g/mol. The second-order valence-electron chi connectivity index (χ2n) is 34.2. The summed E-state index contributed by atoms with van der Waals surface area (Å²) < 4.78 is 112. The molecule has 0 unspecified atom stereocenters. The van der Waals surface area contributed by atoms with E-state index in [0.717, 1.165) is 233 Å². The number of nitrogens with one attached hydrogen (secondary N) is 8. The highest BCUT2D eigenvalue weighted by molar-refractivity contribution is 7.92. The molecular weight excluding hydrogens is 1730 g/mol. The predicted molar refractivity (Wildman–Crippen MR) is 505 cm³/mol. The zero-order chi connectivity index (χ0) is 89.5. The van der Waals surface area contributed by atoms with Gasteiger partial charge in [-0.15, -0.1) is 0 Å². The summed E-state index contributed by atoms with van der Waals surface area (Å²) in [6.07, 6.45) is 38.4. The van der Waals surface area contributed by atoms with Gasteiger partial charge in [0.1, 0.15) is 72.2 Å². The molecule has 21 rings (SSSR count). The smallest absolute Gasteiger partial charge is 0.230 e. The number of aromatic nitrogens is 16. The van der Waals surface area contributed by atoms with E-state index < -0.39 is 39.3 Å². The van der Waals surface area contributed by atoms with Gasteiger partial charge in [0.2, 0.25) is 39.3 Å². The summed E-state index contributed by atoms with van der Waals surface area (Å²) in [7, 11) is -13.8. The number of anilines is 10. The number of nitrogens with zero attached hydrogens (tertiary/aromatic N) is 19. The van der Waals surface area contributed by atoms with Crippen molar-refractivity contribution >= 4 is 159 Å². The predicted octanol–water partition coefficient (Wildman–Crippen LogP) is 12.7. The highest BCUT2D eigenvalue weighted by Crippen LogP contribution is 2.42. The third-order valence-corrected chi connectivity index (χ3v) is 31.0. The summed E-state index contributed by atoms with van der Waals surface area (Å²) in [5, 5.41) is 30.2.